The Bertz CT molecular complexity index is 429. The first kappa shape index (κ1) is 18.9. The standard InChI is InChI=1S/C11H12BrNO4S.H3NO/c12-7-1-3-8(4-2-7)18-9(11(16)13-17)5-6-10(14)15;1-2/h1-4,9,17H,5-6H2,(H,13,16)(H,14,15);2H,1H2. The van der Waals surface area contributed by atoms with Gasteiger partial charge < -0.3 is 10.3 Å². The summed E-state index contributed by atoms with van der Waals surface area (Å²) in [6.45, 7) is 0. The van der Waals surface area contributed by atoms with E-state index < -0.39 is 17.1 Å². The van der Waals surface area contributed by atoms with Gasteiger partial charge in [0, 0.05) is 15.8 Å². The fraction of sp³-hybridized carbons (Fsp3) is 0.273. The van der Waals surface area contributed by atoms with Crippen LogP contribution < -0.4 is 11.4 Å². The fourth-order valence-corrected chi connectivity index (χ4v) is 2.53. The zero-order valence-electron chi connectivity index (χ0n) is 10.3. The summed E-state index contributed by atoms with van der Waals surface area (Å²) in [5.41, 5.74) is 1.56. The van der Waals surface area contributed by atoms with E-state index >= 15 is 0 Å². The zero-order valence-corrected chi connectivity index (χ0v) is 12.7. The van der Waals surface area contributed by atoms with E-state index in [1.807, 2.05) is 24.3 Å². The third kappa shape index (κ3) is 7.46. The van der Waals surface area contributed by atoms with Gasteiger partial charge in [0.1, 0.15) is 0 Å². The minimum Gasteiger partial charge on any atom is -0.481 e. The van der Waals surface area contributed by atoms with Crippen molar-refractivity contribution in [3.05, 3.63) is 28.7 Å². The quantitative estimate of drug-likeness (QED) is 0.293. The third-order valence-electron chi connectivity index (χ3n) is 2.11. The number of carbonyl (C=O) groups excluding carboxylic acids is 1. The van der Waals surface area contributed by atoms with Crippen LogP contribution in [0.5, 0.6) is 0 Å². The highest BCUT2D eigenvalue weighted by Gasteiger charge is 2.20. The van der Waals surface area contributed by atoms with Crippen LogP contribution in [0, 0.1) is 0 Å². The van der Waals surface area contributed by atoms with Crippen molar-refractivity contribution in [1.29, 1.82) is 0 Å². The average Bonchev–Trinajstić information content (AvgIpc) is 2.46. The Hall–Kier alpha value is -1.13. The smallest absolute Gasteiger partial charge is 0.303 e. The maximum Gasteiger partial charge on any atom is 0.303 e. The summed E-state index contributed by atoms with van der Waals surface area (Å²) in [5, 5.41) is 23.1. The summed E-state index contributed by atoms with van der Waals surface area (Å²) >= 11 is 4.51. The van der Waals surface area contributed by atoms with Gasteiger partial charge in [-0.1, -0.05) is 15.9 Å². The molecule has 0 aliphatic carbocycles. The maximum absolute atomic E-state index is 11.4. The number of carboxylic acid groups (broad SMARTS) is 1. The highest BCUT2D eigenvalue weighted by Crippen LogP contribution is 2.27. The van der Waals surface area contributed by atoms with Crippen LogP contribution in [-0.4, -0.2) is 32.6 Å². The highest BCUT2D eigenvalue weighted by molar-refractivity contribution is 9.10. The van der Waals surface area contributed by atoms with Crippen LogP contribution in [0.2, 0.25) is 0 Å². The Morgan fingerprint density at radius 2 is 1.85 bits per heavy atom. The van der Waals surface area contributed by atoms with E-state index in [1.165, 1.54) is 11.8 Å². The molecule has 1 rings (SSSR count). The summed E-state index contributed by atoms with van der Waals surface area (Å²) in [7, 11) is 0. The number of benzene rings is 1. The molecule has 0 saturated heterocycles. The molecule has 7 nitrogen and oxygen atoms in total. The molecule has 1 atom stereocenters. The lowest BCUT2D eigenvalue weighted by Crippen LogP contribution is -2.30. The number of halogens is 1. The molecule has 0 heterocycles. The minimum atomic E-state index is -0.970. The first-order valence-electron chi connectivity index (χ1n) is 5.36. The van der Waals surface area contributed by atoms with Crippen molar-refractivity contribution >= 4 is 39.6 Å². The van der Waals surface area contributed by atoms with Crippen molar-refractivity contribution in [3.63, 3.8) is 0 Å². The molecule has 0 bridgehead atoms. The predicted molar refractivity (Wildman–Crippen MR) is 76.6 cm³/mol. The first-order valence-corrected chi connectivity index (χ1v) is 7.04. The van der Waals surface area contributed by atoms with Crippen LogP contribution in [0.25, 0.3) is 0 Å². The van der Waals surface area contributed by atoms with Gasteiger partial charge in [-0.05, 0) is 30.7 Å². The Morgan fingerprint density at radius 3 is 2.30 bits per heavy atom. The molecule has 1 amide bonds. The summed E-state index contributed by atoms with van der Waals surface area (Å²) in [6, 6.07) is 7.28. The van der Waals surface area contributed by atoms with Crippen LogP contribution in [0.15, 0.2) is 33.6 Å². The number of thioether (sulfide) groups is 1. The fourth-order valence-electron chi connectivity index (χ4n) is 1.25. The third-order valence-corrected chi connectivity index (χ3v) is 3.92. The number of carboxylic acids is 1. The Kier molecular flexibility index (Phi) is 10.0. The van der Waals surface area contributed by atoms with Crippen molar-refractivity contribution in [2.45, 2.75) is 23.0 Å². The topological polar surface area (TPSA) is 133 Å². The molecule has 0 saturated carbocycles. The molecule has 0 spiro atoms. The number of nitrogens with two attached hydrogens (primary N) is 1. The molecule has 0 fully saturated rings. The lowest BCUT2D eigenvalue weighted by Gasteiger charge is -2.13. The van der Waals surface area contributed by atoms with Gasteiger partial charge in [0.05, 0.1) is 5.25 Å². The van der Waals surface area contributed by atoms with Gasteiger partial charge in [-0.2, -0.15) is 0 Å². The molecular formula is C11H15BrN2O5S. The van der Waals surface area contributed by atoms with Gasteiger partial charge >= 0.3 is 5.97 Å². The summed E-state index contributed by atoms with van der Waals surface area (Å²) in [6.07, 6.45) is 0.0318. The van der Waals surface area contributed by atoms with Gasteiger partial charge in [-0.25, -0.2) is 11.4 Å². The maximum atomic E-state index is 11.4. The van der Waals surface area contributed by atoms with Crippen LogP contribution in [-0.2, 0) is 9.59 Å². The summed E-state index contributed by atoms with van der Waals surface area (Å²) < 4.78 is 0.917. The largest absolute Gasteiger partial charge is 0.481 e. The van der Waals surface area contributed by atoms with E-state index in [4.69, 9.17) is 15.5 Å². The van der Waals surface area contributed by atoms with Gasteiger partial charge in [0.15, 0.2) is 0 Å². The lowest BCUT2D eigenvalue weighted by molar-refractivity contribution is -0.137. The van der Waals surface area contributed by atoms with Crippen LogP contribution in [0.3, 0.4) is 0 Å². The van der Waals surface area contributed by atoms with E-state index in [2.05, 4.69) is 21.8 Å². The number of amides is 1. The number of rotatable bonds is 6. The van der Waals surface area contributed by atoms with Gasteiger partial charge in [-0.3, -0.25) is 14.8 Å². The Labute approximate surface area is 128 Å². The molecule has 20 heavy (non-hydrogen) atoms. The van der Waals surface area contributed by atoms with E-state index in [1.54, 1.807) is 5.48 Å². The Balaban J connectivity index is 0.00000172. The van der Waals surface area contributed by atoms with E-state index in [9.17, 15) is 9.59 Å². The number of aliphatic carboxylic acids is 1. The minimum absolute atomic E-state index is 0.123. The van der Waals surface area contributed by atoms with Crippen molar-refractivity contribution in [2.24, 2.45) is 5.90 Å². The summed E-state index contributed by atoms with van der Waals surface area (Å²) in [5.74, 6) is 1.94. The first-order chi connectivity index (χ1) is 9.52. The number of carbonyl (C=O) groups is 2. The van der Waals surface area contributed by atoms with Crippen LogP contribution >= 0.6 is 27.7 Å². The predicted octanol–water partition coefficient (Wildman–Crippen LogP) is 1.61. The number of hydrogen-bond acceptors (Lipinski definition) is 6. The van der Waals surface area contributed by atoms with E-state index in [0.717, 1.165) is 9.37 Å². The molecule has 1 unspecified atom stereocenters. The second-order valence-electron chi connectivity index (χ2n) is 3.47. The van der Waals surface area contributed by atoms with E-state index in [0.29, 0.717) is 0 Å². The van der Waals surface area contributed by atoms with Gasteiger partial charge in [0.2, 0.25) is 0 Å². The van der Waals surface area contributed by atoms with E-state index in [-0.39, 0.29) is 12.8 Å². The number of nitrogens with one attached hydrogen (secondary N) is 1. The van der Waals surface area contributed by atoms with Gasteiger partial charge in [-0.15, -0.1) is 11.8 Å². The monoisotopic (exact) mass is 366 g/mol. The number of hydrogen-bond donors (Lipinski definition) is 5. The van der Waals surface area contributed by atoms with Crippen molar-refractivity contribution in [3.8, 4) is 0 Å². The molecule has 112 valence electrons. The van der Waals surface area contributed by atoms with Crippen LogP contribution in [0.1, 0.15) is 12.8 Å². The SMILES string of the molecule is NO.O=C(O)CCC(Sc1ccc(Br)cc1)C(=O)NO. The molecule has 0 radical (unpaired) electrons. The summed E-state index contributed by atoms with van der Waals surface area (Å²) in [4.78, 5) is 22.7. The molecule has 1 aromatic rings. The molecule has 9 heteroatoms. The molecule has 0 aliphatic rings. The lowest BCUT2D eigenvalue weighted by atomic mass is 10.2. The molecule has 0 aromatic heterocycles. The number of hydroxylamine groups is 1. The van der Waals surface area contributed by atoms with Crippen molar-refractivity contribution in [2.75, 3.05) is 0 Å². The highest BCUT2D eigenvalue weighted by atomic mass is 79.9. The molecule has 6 N–H and O–H groups in total. The second-order valence-corrected chi connectivity index (χ2v) is 5.66. The average molecular weight is 367 g/mol. The molecule has 1 aromatic carbocycles. The van der Waals surface area contributed by atoms with Crippen LogP contribution in [0.4, 0.5) is 0 Å². The van der Waals surface area contributed by atoms with Gasteiger partial charge in [0.25, 0.3) is 5.91 Å². The molecule has 0 aliphatic heterocycles. The second kappa shape index (κ2) is 10.6. The van der Waals surface area contributed by atoms with Crippen molar-refractivity contribution in [1.82, 2.24) is 5.48 Å². The normalized spacial score (nSPS) is 11.0. The molecular weight excluding hydrogens is 352 g/mol. The Morgan fingerprint density at radius 1 is 1.30 bits per heavy atom. The van der Waals surface area contributed by atoms with Crippen molar-refractivity contribution < 1.29 is 25.1 Å². The zero-order chi connectivity index (χ0) is 15.5.